The monoisotopic (exact) mass is 356 g/mol. The van der Waals surface area contributed by atoms with E-state index in [1.807, 2.05) is 30.3 Å². The number of nitrogens with zero attached hydrogens (tertiary/aromatic N) is 2. The average molecular weight is 356 g/mol. The van der Waals surface area contributed by atoms with Crippen molar-refractivity contribution in [3.8, 4) is 0 Å². The summed E-state index contributed by atoms with van der Waals surface area (Å²) in [5.41, 5.74) is 3.83. The van der Waals surface area contributed by atoms with E-state index in [0.717, 1.165) is 22.1 Å². The van der Waals surface area contributed by atoms with Crippen LogP contribution in [0.5, 0.6) is 0 Å². The Bertz CT molecular complexity index is 931. The SMILES string of the molecule is Ic1cccc2ccc3nc4ccccc4nc3c12. The molecule has 0 aliphatic heterocycles. The van der Waals surface area contributed by atoms with Gasteiger partial charge < -0.3 is 0 Å². The summed E-state index contributed by atoms with van der Waals surface area (Å²) in [7, 11) is 0. The van der Waals surface area contributed by atoms with Gasteiger partial charge in [0.2, 0.25) is 0 Å². The quantitative estimate of drug-likeness (QED) is 0.263. The molecule has 1 aromatic heterocycles. The van der Waals surface area contributed by atoms with Crippen molar-refractivity contribution in [1.29, 1.82) is 0 Å². The maximum atomic E-state index is 4.80. The lowest BCUT2D eigenvalue weighted by Crippen LogP contribution is -1.89. The molecule has 1 heterocycles. The van der Waals surface area contributed by atoms with Crippen molar-refractivity contribution in [2.45, 2.75) is 0 Å². The predicted molar refractivity (Wildman–Crippen MR) is 87.3 cm³/mol. The first kappa shape index (κ1) is 11.1. The lowest BCUT2D eigenvalue weighted by atomic mass is 10.1. The van der Waals surface area contributed by atoms with Gasteiger partial charge in [-0.1, -0.05) is 30.3 Å². The van der Waals surface area contributed by atoms with E-state index in [0.29, 0.717) is 0 Å². The summed E-state index contributed by atoms with van der Waals surface area (Å²) >= 11 is 2.36. The maximum Gasteiger partial charge on any atom is 0.0983 e. The molecule has 4 aromatic rings. The molecule has 0 atom stereocenters. The zero-order valence-electron chi connectivity index (χ0n) is 9.97. The van der Waals surface area contributed by atoms with Gasteiger partial charge in [-0.05, 0) is 52.2 Å². The van der Waals surface area contributed by atoms with Gasteiger partial charge in [0.15, 0.2) is 0 Å². The van der Waals surface area contributed by atoms with E-state index in [9.17, 15) is 0 Å². The molecular weight excluding hydrogens is 347 g/mol. The first-order valence-corrected chi connectivity index (χ1v) is 7.14. The van der Waals surface area contributed by atoms with Gasteiger partial charge in [0.05, 0.1) is 22.1 Å². The maximum absolute atomic E-state index is 4.80. The van der Waals surface area contributed by atoms with E-state index in [-0.39, 0.29) is 0 Å². The second-order valence-electron chi connectivity index (χ2n) is 4.48. The molecule has 0 aliphatic rings. The Morgan fingerprint density at radius 2 is 1.47 bits per heavy atom. The van der Waals surface area contributed by atoms with Crippen molar-refractivity contribution >= 4 is 55.4 Å². The Hall–Kier alpha value is -1.75. The Kier molecular flexibility index (Phi) is 2.41. The van der Waals surface area contributed by atoms with Crippen LogP contribution >= 0.6 is 22.6 Å². The van der Waals surface area contributed by atoms with Gasteiger partial charge >= 0.3 is 0 Å². The Morgan fingerprint density at radius 1 is 0.684 bits per heavy atom. The lowest BCUT2D eigenvalue weighted by Gasteiger charge is -2.06. The number of benzene rings is 3. The Labute approximate surface area is 123 Å². The van der Waals surface area contributed by atoms with Crippen LogP contribution in [0.3, 0.4) is 0 Å². The number of rotatable bonds is 0. The lowest BCUT2D eigenvalue weighted by molar-refractivity contribution is 1.41. The van der Waals surface area contributed by atoms with E-state index in [2.05, 4.69) is 46.9 Å². The van der Waals surface area contributed by atoms with E-state index in [1.165, 1.54) is 14.3 Å². The highest BCUT2D eigenvalue weighted by atomic mass is 127. The van der Waals surface area contributed by atoms with Crippen LogP contribution in [-0.4, -0.2) is 9.97 Å². The van der Waals surface area contributed by atoms with Crippen LogP contribution in [0.15, 0.2) is 54.6 Å². The molecule has 3 aromatic carbocycles. The molecule has 0 fully saturated rings. The Balaban J connectivity index is 2.29. The molecule has 4 rings (SSSR count). The van der Waals surface area contributed by atoms with E-state index in [4.69, 9.17) is 9.97 Å². The fraction of sp³-hybridized carbons (Fsp3) is 0. The molecule has 0 amide bonds. The molecule has 0 unspecified atom stereocenters. The molecular formula is C16H9IN2. The fourth-order valence-electron chi connectivity index (χ4n) is 2.41. The third-order valence-corrected chi connectivity index (χ3v) is 4.20. The standard InChI is InChI=1S/C16H9IN2/c17-11-5-3-4-10-8-9-14-16(15(10)11)19-13-7-2-1-6-12(13)18-14/h1-9H. The summed E-state index contributed by atoms with van der Waals surface area (Å²) in [6.45, 7) is 0. The minimum Gasteiger partial charge on any atom is -0.244 e. The van der Waals surface area contributed by atoms with Crippen LogP contribution in [0, 0.1) is 3.57 Å². The van der Waals surface area contributed by atoms with Crippen LogP contribution in [0.2, 0.25) is 0 Å². The summed E-state index contributed by atoms with van der Waals surface area (Å²) in [5.74, 6) is 0. The minimum atomic E-state index is 0.945. The predicted octanol–water partition coefficient (Wildman–Crippen LogP) is 4.54. The molecule has 0 bridgehead atoms. The molecule has 0 radical (unpaired) electrons. The van der Waals surface area contributed by atoms with Gasteiger partial charge in [-0.2, -0.15) is 0 Å². The number of hydrogen-bond acceptors (Lipinski definition) is 2. The van der Waals surface area contributed by atoms with Crippen molar-refractivity contribution in [2.75, 3.05) is 0 Å². The van der Waals surface area contributed by atoms with Crippen LogP contribution < -0.4 is 0 Å². The first-order chi connectivity index (χ1) is 9.33. The first-order valence-electron chi connectivity index (χ1n) is 6.07. The molecule has 19 heavy (non-hydrogen) atoms. The minimum absolute atomic E-state index is 0.945. The number of para-hydroxylation sites is 2. The molecule has 0 saturated carbocycles. The molecule has 2 nitrogen and oxygen atoms in total. The van der Waals surface area contributed by atoms with Crippen molar-refractivity contribution in [1.82, 2.24) is 9.97 Å². The Morgan fingerprint density at radius 3 is 2.32 bits per heavy atom. The van der Waals surface area contributed by atoms with Crippen molar-refractivity contribution < 1.29 is 0 Å². The molecule has 0 aliphatic carbocycles. The highest BCUT2D eigenvalue weighted by Gasteiger charge is 2.07. The highest BCUT2D eigenvalue weighted by Crippen LogP contribution is 2.28. The summed E-state index contributed by atoms with van der Waals surface area (Å²) < 4.78 is 1.21. The molecule has 0 N–H and O–H groups in total. The third-order valence-electron chi connectivity index (χ3n) is 3.30. The smallest absolute Gasteiger partial charge is 0.0983 e. The van der Waals surface area contributed by atoms with Crippen molar-refractivity contribution in [3.63, 3.8) is 0 Å². The third kappa shape index (κ3) is 1.69. The van der Waals surface area contributed by atoms with Gasteiger partial charge in [-0.3, -0.25) is 0 Å². The average Bonchev–Trinajstić information content (AvgIpc) is 2.45. The van der Waals surface area contributed by atoms with Gasteiger partial charge in [0, 0.05) is 8.96 Å². The van der Waals surface area contributed by atoms with Crippen LogP contribution in [0.25, 0.3) is 32.8 Å². The van der Waals surface area contributed by atoms with Crippen molar-refractivity contribution in [3.05, 3.63) is 58.2 Å². The highest BCUT2D eigenvalue weighted by molar-refractivity contribution is 14.1. The normalized spacial score (nSPS) is 11.4. The van der Waals surface area contributed by atoms with Crippen LogP contribution in [0.4, 0.5) is 0 Å². The molecule has 90 valence electrons. The zero-order valence-corrected chi connectivity index (χ0v) is 12.1. The van der Waals surface area contributed by atoms with E-state index < -0.39 is 0 Å². The van der Waals surface area contributed by atoms with Crippen LogP contribution in [0.1, 0.15) is 0 Å². The fourth-order valence-corrected chi connectivity index (χ4v) is 3.19. The summed E-state index contributed by atoms with van der Waals surface area (Å²) in [5, 5.41) is 2.41. The van der Waals surface area contributed by atoms with E-state index >= 15 is 0 Å². The zero-order chi connectivity index (χ0) is 12.8. The molecule has 0 spiro atoms. The number of halogens is 1. The second kappa shape index (κ2) is 4.13. The molecule has 0 saturated heterocycles. The largest absolute Gasteiger partial charge is 0.244 e. The summed E-state index contributed by atoms with van der Waals surface area (Å²) in [4.78, 5) is 9.50. The van der Waals surface area contributed by atoms with E-state index in [1.54, 1.807) is 0 Å². The van der Waals surface area contributed by atoms with Gasteiger partial charge in [0.1, 0.15) is 0 Å². The second-order valence-corrected chi connectivity index (χ2v) is 5.65. The number of aromatic nitrogens is 2. The molecule has 3 heteroatoms. The summed E-state index contributed by atoms with van der Waals surface area (Å²) in [6, 6.07) is 18.5. The number of hydrogen-bond donors (Lipinski definition) is 0. The van der Waals surface area contributed by atoms with Gasteiger partial charge in [0.25, 0.3) is 0 Å². The van der Waals surface area contributed by atoms with Gasteiger partial charge in [-0.15, -0.1) is 0 Å². The summed E-state index contributed by atoms with van der Waals surface area (Å²) in [6.07, 6.45) is 0. The van der Waals surface area contributed by atoms with Gasteiger partial charge in [-0.25, -0.2) is 9.97 Å². The number of fused-ring (bicyclic) bond motifs is 4. The topological polar surface area (TPSA) is 25.8 Å². The van der Waals surface area contributed by atoms with Crippen molar-refractivity contribution in [2.24, 2.45) is 0 Å². The van der Waals surface area contributed by atoms with Crippen LogP contribution in [-0.2, 0) is 0 Å².